The molecule has 0 saturated carbocycles. The molecule has 1 aliphatic rings. The predicted octanol–water partition coefficient (Wildman–Crippen LogP) is 3.00. The van der Waals surface area contributed by atoms with Crippen molar-refractivity contribution < 1.29 is 23.6 Å². The summed E-state index contributed by atoms with van der Waals surface area (Å²) in [5, 5.41) is 13.5. The third-order valence-corrected chi connectivity index (χ3v) is 4.74. The topological polar surface area (TPSA) is 83.6 Å². The maximum atomic E-state index is 13.3. The fourth-order valence-electron chi connectivity index (χ4n) is 3.37. The highest BCUT2D eigenvalue weighted by Gasteiger charge is 2.41. The van der Waals surface area contributed by atoms with Crippen molar-refractivity contribution >= 4 is 11.9 Å². The lowest BCUT2D eigenvalue weighted by Crippen LogP contribution is -2.45. The number of hydrogen-bond acceptors (Lipinski definition) is 4. The number of benzene rings is 1. The van der Waals surface area contributed by atoms with Gasteiger partial charge in [-0.25, -0.2) is 4.39 Å². The molecule has 2 atom stereocenters. The molecule has 3 rings (SSSR count). The summed E-state index contributed by atoms with van der Waals surface area (Å²) in [5.74, 6) is -1.66. The zero-order chi connectivity index (χ0) is 18.1. The van der Waals surface area contributed by atoms with Crippen LogP contribution in [0.4, 0.5) is 4.39 Å². The monoisotopic (exact) mass is 346 g/mol. The second-order valence-corrected chi connectivity index (χ2v) is 6.30. The minimum absolute atomic E-state index is 0.133. The van der Waals surface area contributed by atoms with Crippen LogP contribution >= 0.6 is 0 Å². The van der Waals surface area contributed by atoms with Gasteiger partial charge in [0.15, 0.2) is 0 Å². The van der Waals surface area contributed by atoms with Gasteiger partial charge < -0.3 is 14.5 Å². The number of hydrogen-bond donors (Lipinski definition) is 1. The molecule has 7 heteroatoms. The Kier molecular flexibility index (Phi) is 4.57. The van der Waals surface area contributed by atoms with Crippen LogP contribution in [0.15, 0.2) is 28.8 Å². The molecule has 25 heavy (non-hydrogen) atoms. The van der Waals surface area contributed by atoms with Crippen LogP contribution in [0.1, 0.15) is 41.5 Å². The maximum Gasteiger partial charge on any atom is 0.308 e. The van der Waals surface area contributed by atoms with Gasteiger partial charge in [-0.15, -0.1) is 0 Å². The molecule has 132 valence electrons. The average molecular weight is 346 g/mol. The van der Waals surface area contributed by atoms with Crippen LogP contribution in [0.25, 0.3) is 0 Å². The molecule has 1 N–H and O–H groups in total. The number of aliphatic carboxylic acids is 1. The lowest BCUT2D eigenvalue weighted by molar-refractivity contribution is -0.152. The minimum atomic E-state index is -0.967. The second-order valence-electron chi connectivity index (χ2n) is 6.30. The highest BCUT2D eigenvalue weighted by atomic mass is 19.1. The largest absolute Gasteiger partial charge is 0.481 e. The first-order chi connectivity index (χ1) is 11.9. The van der Waals surface area contributed by atoms with Crippen LogP contribution in [-0.4, -0.2) is 27.0 Å². The third kappa shape index (κ3) is 3.26. The minimum Gasteiger partial charge on any atom is -0.481 e. The summed E-state index contributed by atoms with van der Waals surface area (Å²) in [6, 6.07) is 4.97. The summed E-state index contributed by atoms with van der Waals surface area (Å²) in [6.45, 7) is 3.75. The Morgan fingerprint density at radius 3 is 2.60 bits per heavy atom. The van der Waals surface area contributed by atoms with Gasteiger partial charge in [0.2, 0.25) is 5.91 Å². The van der Waals surface area contributed by atoms with Crippen molar-refractivity contribution in [1.82, 2.24) is 10.1 Å². The molecule has 0 spiro atoms. The quantitative estimate of drug-likeness (QED) is 0.920. The number of carbonyl (C=O) groups is 2. The van der Waals surface area contributed by atoms with Crippen LogP contribution in [-0.2, 0) is 16.1 Å². The first-order valence-corrected chi connectivity index (χ1v) is 8.08. The van der Waals surface area contributed by atoms with Crippen molar-refractivity contribution in [3.63, 3.8) is 0 Å². The zero-order valence-electron chi connectivity index (χ0n) is 14.0. The molecular formula is C18H19FN2O4. The fourth-order valence-corrected chi connectivity index (χ4v) is 3.37. The first-order valence-electron chi connectivity index (χ1n) is 8.08. The lowest BCUT2D eigenvalue weighted by atomic mass is 9.84. The van der Waals surface area contributed by atoms with Crippen LogP contribution in [0.2, 0.25) is 0 Å². The van der Waals surface area contributed by atoms with Gasteiger partial charge in [-0.1, -0.05) is 17.3 Å². The number of halogens is 1. The van der Waals surface area contributed by atoms with E-state index in [1.165, 1.54) is 24.3 Å². The molecule has 2 aromatic rings. The van der Waals surface area contributed by atoms with Crippen LogP contribution in [0.3, 0.4) is 0 Å². The first kappa shape index (κ1) is 17.1. The number of carbonyl (C=O) groups excluding carboxylic acids is 1. The summed E-state index contributed by atoms with van der Waals surface area (Å²) in [6.07, 6.45) is 0.423. The van der Waals surface area contributed by atoms with Gasteiger partial charge in [-0.05, 0) is 38.0 Å². The van der Waals surface area contributed by atoms with Crippen LogP contribution < -0.4 is 0 Å². The van der Waals surface area contributed by atoms with E-state index in [2.05, 4.69) is 5.16 Å². The molecule has 0 bridgehead atoms. The van der Waals surface area contributed by atoms with Crippen molar-refractivity contribution in [2.45, 2.75) is 39.3 Å². The number of likely N-dealkylation sites (tertiary alicyclic amines) is 1. The molecule has 6 nitrogen and oxygen atoms in total. The van der Waals surface area contributed by atoms with E-state index in [4.69, 9.17) is 4.52 Å². The van der Waals surface area contributed by atoms with Gasteiger partial charge in [0.1, 0.15) is 11.6 Å². The Hall–Kier alpha value is -2.70. The number of carboxylic acids is 1. The predicted molar refractivity (Wildman–Crippen MR) is 86.0 cm³/mol. The molecular weight excluding hydrogens is 327 g/mol. The summed E-state index contributed by atoms with van der Waals surface area (Å²) in [4.78, 5) is 25.9. The van der Waals surface area contributed by atoms with E-state index in [0.29, 0.717) is 17.0 Å². The number of aromatic nitrogens is 1. The maximum absolute atomic E-state index is 13.3. The number of aryl methyl sites for hydroxylation is 2. The number of nitrogens with zero attached hydrogens (tertiary/aromatic N) is 2. The summed E-state index contributed by atoms with van der Waals surface area (Å²) < 4.78 is 18.4. The van der Waals surface area contributed by atoms with E-state index >= 15 is 0 Å². The van der Waals surface area contributed by atoms with E-state index in [-0.39, 0.29) is 25.3 Å². The van der Waals surface area contributed by atoms with Crippen molar-refractivity contribution in [2.24, 2.45) is 5.92 Å². The molecule has 1 saturated heterocycles. The van der Waals surface area contributed by atoms with Gasteiger partial charge in [-0.3, -0.25) is 9.59 Å². The average Bonchev–Trinajstić information content (AvgIpc) is 2.89. The molecule has 2 heterocycles. The van der Waals surface area contributed by atoms with Crippen LogP contribution in [0, 0.1) is 25.6 Å². The fraction of sp³-hybridized carbons (Fsp3) is 0.389. The van der Waals surface area contributed by atoms with Crippen LogP contribution in [0.5, 0.6) is 0 Å². The Bertz CT molecular complexity index is 780. The van der Waals surface area contributed by atoms with Crippen molar-refractivity contribution in [3.8, 4) is 0 Å². The van der Waals surface area contributed by atoms with Crippen molar-refractivity contribution in [3.05, 3.63) is 52.7 Å². The molecule has 0 aliphatic carbocycles. The highest BCUT2D eigenvalue weighted by molar-refractivity contribution is 5.81. The molecule has 0 unspecified atom stereocenters. The van der Waals surface area contributed by atoms with E-state index in [9.17, 15) is 19.1 Å². The SMILES string of the molecule is Cc1noc(C)c1CN1C(=O)CC[C@@H](C(=O)O)[C@H]1c1ccc(F)cc1. The molecule has 1 aromatic carbocycles. The molecule has 1 fully saturated rings. The van der Waals surface area contributed by atoms with Gasteiger partial charge in [0.05, 0.1) is 24.2 Å². The Labute approximate surface area is 144 Å². The Balaban J connectivity index is 2.02. The van der Waals surface area contributed by atoms with E-state index in [1.54, 1.807) is 18.7 Å². The number of amides is 1. The Morgan fingerprint density at radius 2 is 2.04 bits per heavy atom. The summed E-state index contributed by atoms with van der Waals surface area (Å²) in [7, 11) is 0. The zero-order valence-corrected chi connectivity index (χ0v) is 14.0. The summed E-state index contributed by atoms with van der Waals surface area (Å²) in [5.41, 5.74) is 2.04. The highest BCUT2D eigenvalue weighted by Crippen LogP contribution is 2.38. The smallest absolute Gasteiger partial charge is 0.308 e. The third-order valence-electron chi connectivity index (χ3n) is 4.74. The molecule has 1 aromatic heterocycles. The standard InChI is InChI=1S/C18H19FN2O4/c1-10-15(11(2)25-20-10)9-21-16(22)8-7-14(18(23)24)17(21)12-3-5-13(19)6-4-12/h3-6,14,17H,7-9H2,1-2H3,(H,23,24)/t14-,17-/m1/s1. The van der Waals surface area contributed by atoms with Crippen molar-refractivity contribution in [1.29, 1.82) is 0 Å². The van der Waals surface area contributed by atoms with Gasteiger partial charge in [0.25, 0.3) is 0 Å². The summed E-state index contributed by atoms with van der Waals surface area (Å²) >= 11 is 0. The number of piperidine rings is 1. The van der Waals surface area contributed by atoms with Gasteiger partial charge in [0, 0.05) is 12.0 Å². The van der Waals surface area contributed by atoms with Crippen molar-refractivity contribution in [2.75, 3.05) is 0 Å². The molecule has 1 amide bonds. The molecule has 0 radical (unpaired) electrons. The van der Waals surface area contributed by atoms with Gasteiger partial charge in [-0.2, -0.15) is 0 Å². The molecule has 1 aliphatic heterocycles. The van der Waals surface area contributed by atoms with E-state index < -0.39 is 23.7 Å². The number of rotatable bonds is 4. The van der Waals surface area contributed by atoms with E-state index in [0.717, 1.165) is 5.56 Å². The van der Waals surface area contributed by atoms with E-state index in [1.807, 2.05) is 0 Å². The lowest BCUT2D eigenvalue weighted by Gasteiger charge is -2.39. The normalized spacial score (nSPS) is 20.8. The number of carboxylic acid groups (broad SMARTS) is 1. The van der Waals surface area contributed by atoms with Gasteiger partial charge >= 0.3 is 5.97 Å². The Morgan fingerprint density at radius 1 is 1.36 bits per heavy atom. The second kappa shape index (κ2) is 6.66.